The second-order valence-corrected chi connectivity index (χ2v) is 7.21. The van der Waals surface area contributed by atoms with Gasteiger partial charge in [-0.25, -0.2) is 4.98 Å². The molecule has 0 saturated heterocycles. The lowest BCUT2D eigenvalue weighted by molar-refractivity contribution is 0.318. The van der Waals surface area contributed by atoms with Crippen LogP contribution >= 0.6 is 0 Å². The summed E-state index contributed by atoms with van der Waals surface area (Å²) >= 11 is 0. The van der Waals surface area contributed by atoms with Crippen molar-refractivity contribution in [2.75, 3.05) is 6.61 Å². The van der Waals surface area contributed by atoms with Crippen molar-refractivity contribution in [3.05, 3.63) is 58.3 Å². The van der Waals surface area contributed by atoms with Gasteiger partial charge in [0.25, 0.3) is 5.56 Å². The molecule has 0 saturated carbocycles. The first kappa shape index (κ1) is 19.9. The van der Waals surface area contributed by atoms with Gasteiger partial charge >= 0.3 is 0 Å². The largest absolute Gasteiger partial charge is 0.493 e. The molecule has 0 spiro atoms. The predicted molar refractivity (Wildman–Crippen MR) is 116 cm³/mol. The Balaban J connectivity index is 1.77. The van der Waals surface area contributed by atoms with Gasteiger partial charge < -0.3 is 9.72 Å². The molecule has 0 atom stereocenters. The first-order chi connectivity index (χ1) is 14.7. The Bertz CT molecular complexity index is 1180. The zero-order valence-corrected chi connectivity index (χ0v) is 17.3. The quantitative estimate of drug-likeness (QED) is 0.443. The van der Waals surface area contributed by atoms with E-state index in [1.807, 2.05) is 35.0 Å². The average Bonchev–Trinajstić information content (AvgIpc) is 3.40. The van der Waals surface area contributed by atoms with Crippen LogP contribution in [-0.2, 0) is 19.4 Å². The van der Waals surface area contributed by atoms with Crippen LogP contribution in [0.25, 0.3) is 22.4 Å². The van der Waals surface area contributed by atoms with Crippen LogP contribution in [0.2, 0.25) is 0 Å². The van der Waals surface area contributed by atoms with Gasteiger partial charge in [0.2, 0.25) is 0 Å². The van der Waals surface area contributed by atoms with E-state index in [2.05, 4.69) is 34.1 Å². The van der Waals surface area contributed by atoms with Crippen LogP contribution < -0.4 is 10.3 Å². The minimum absolute atomic E-state index is 0.238. The summed E-state index contributed by atoms with van der Waals surface area (Å²) in [6, 6.07) is 9.59. The van der Waals surface area contributed by atoms with Crippen molar-refractivity contribution in [2.24, 2.45) is 0 Å². The maximum Gasteiger partial charge on any atom is 0.279 e. The summed E-state index contributed by atoms with van der Waals surface area (Å²) in [7, 11) is 0. The van der Waals surface area contributed by atoms with E-state index in [9.17, 15) is 4.79 Å². The maximum atomic E-state index is 12.9. The summed E-state index contributed by atoms with van der Waals surface area (Å²) in [5, 5.41) is 11.5. The van der Waals surface area contributed by atoms with Crippen LogP contribution in [0.3, 0.4) is 0 Å². The van der Waals surface area contributed by atoms with Crippen LogP contribution in [0.15, 0.2) is 41.3 Å². The van der Waals surface area contributed by atoms with E-state index in [0.29, 0.717) is 35.8 Å². The first-order valence-electron chi connectivity index (χ1n) is 10.4. The number of H-pyrrole nitrogens is 2. The monoisotopic (exact) mass is 406 g/mol. The van der Waals surface area contributed by atoms with Gasteiger partial charge in [0.1, 0.15) is 17.1 Å². The molecule has 0 unspecified atom stereocenters. The predicted octanol–water partition coefficient (Wildman–Crippen LogP) is 3.49. The molecule has 3 aromatic heterocycles. The summed E-state index contributed by atoms with van der Waals surface area (Å²) in [6.45, 7) is 5.43. The fourth-order valence-electron chi connectivity index (χ4n) is 3.51. The third-order valence-electron chi connectivity index (χ3n) is 4.94. The smallest absolute Gasteiger partial charge is 0.279 e. The van der Waals surface area contributed by atoms with Crippen LogP contribution in [0.4, 0.5) is 0 Å². The van der Waals surface area contributed by atoms with E-state index in [1.54, 1.807) is 6.20 Å². The topological polar surface area (TPSA) is 101 Å². The second kappa shape index (κ2) is 8.94. The molecule has 4 rings (SSSR count). The summed E-state index contributed by atoms with van der Waals surface area (Å²) in [5.74, 6) is 1.22. The van der Waals surface area contributed by atoms with Gasteiger partial charge in [0.05, 0.1) is 17.9 Å². The highest BCUT2D eigenvalue weighted by Gasteiger charge is 2.18. The second-order valence-electron chi connectivity index (χ2n) is 7.21. The van der Waals surface area contributed by atoms with Gasteiger partial charge in [0, 0.05) is 24.9 Å². The average molecular weight is 406 g/mol. The zero-order chi connectivity index (χ0) is 20.9. The fourth-order valence-corrected chi connectivity index (χ4v) is 3.51. The lowest BCUT2D eigenvalue weighted by Crippen LogP contribution is -2.10. The van der Waals surface area contributed by atoms with E-state index in [-0.39, 0.29) is 5.56 Å². The lowest BCUT2D eigenvalue weighted by Gasteiger charge is -2.10. The Kier molecular flexibility index (Phi) is 5.92. The minimum Gasteiger partial charge on any atom is -0.493 e. The SMILES string of the molecule is CCCOc1ccccc1-c1nc2c(CCC)n(CCc3ccn[nH]3)nc2c(=O)[nH]1. The van der Waals surface area contributed by atoms with Crippen LogP contribution in [0.1, 0.15) is 38.1 Å². The van der Waals surface area contributed by atoms with Gasteiger partial charge in [-0.2, -0.15) is 10.2 Å². The Morgan fingerprint density at radius 2 is 1.93 bits per heavy atom. The number of ether oxygens (including phenoxy) is 1. The van der Waals surface area contributed by atoms with E-state index in [4.69, 9.17) is 9.72 Å². The standard InChI is InChI=1S/C22H26N6O2/c1-3-7-17-19-20(27-28(17)13-11-15-10-12-23-26-15)22(29)25-21(24-19)16-8-5-6-9-18(16)30-14-4-2/h5-6,8-10,12H,3-4,7,11,13-14H2,1-2H3,(H,23,26)(H,24,25,29). The van der Waals surface area contributed by atoms with Gasteiger partial charge in [-0.1, -0.05) is 32.4 Å². The van der Waals surface area contributed by atoms with Gasteiger partial charge in [-0.3, -0.25) is 14.6 Å². The molecule has 30 heavy (non-hydrogen) atoms. The molecule has 0 aliphatic carbocycles. The number of benzene rings is 1. The van der Waals surface area contributed by atoms with E-state index < -0.39 is 0 Å². The number of fused-ring (bicyclic) bond motifs is 1. The van der Waals surface area contributed by atoms with Crippen molar-refractivity contribution in [3.8, 4) is 17.1 Å². The third kappa shape index (κ3) is 3.98. The molecule has 156 valence electrons. The lowest BCUT2D eigenvalue weighted by atomic mass is 10.1. The minimum atomic E-state index is -0.238. The molecule has 0 fully saturated rings. The number of hydrogen-bond donors (Lipinski definition) is 2. The van der Waals surface area contributed by atoms with Gasteiger partial charge in [0.15, 0.2) is 5.52 Å². The molecule has 0 aliphatic rings. The van der Waals surface area contributed by atoms with E-state index >= 15 is 0 Å². The summed E-state index contributed by atoms with van der Waals surface area (Å²) < 4.78 is 7.77. The van der Waals surface area contributed by atoms with E-state index in [0.717, 1.165) is 42.6 Å². The molecule has 8 heteroatoms. The first-order valence-corrected chi connectivity index (χ1v) is 10.4. The highest BCUT2D eigenvalue weighted by Crippen LogP contribution is 2.28. The summed E-state index contributed by atoms with van der Waals surface area (Å²) in [4.78, 5) is 20.6. The zero-order valence-electron chi connectivity index (χ0n) is 17.3. The Morgan fingerprint density at radius 1 is 1.07 bits per heavy atom. The van der Waals surface area contributed by atoms with Crippen molar-refractivity contribution in [2.45, 2.75) is 46.1 Å². The number of hydrogen-bond acceptors (Lipinski definition) is 5. The molecule has 4 aromatic rings. The molecule has 0 aliphatic heterocycles. The highest BCUT2D eigenvalue weighted by molar-refractivity contribution is 5.79. The van der Waals surface area contributed by atoms with Crippen LogP contribution in [-0.4, -0.2) is 36.6 Å². The third-order valence-corrected chi connectivity index (χ3v) is 4.94. The van der Waals surface area contributed by atoms with Crippen molar-refractivity contribution >= 4 is 11.0 Å². The molecular formula is C22H26N6O2. The van der Waals surface area contributed by atoms with Gasteiger partial charge in [-0.15, -0.1) is 0 Å². The normalized spacial score (nSPS) is 11.3. The number of aromatic nitrogens is 6. The molecular weight excluding hydrogens is 380 g/mol. The molecule has 8 nitrogen and oxygen atoms in total. The number of nitrogens with one attached hydrogen (secondary N) is 2. The highest BCUT2D eigenvalue weighted by atomic mass is 16.5. The molecule has 1 aromatic carbocycles. The molecule has 2 N–H and O–H groups in total. The van der Waals surface area contributed by atoms with Crippen LogP contribution in [0.5, 0.6) is 5.75 Å². The number of aromatic amines is 2. The number of rotatable bonds is 9. The molecule has 3 heterocycles. The Labute approximate surface area is 174 Å². The maximum absolute atomic E-state index is 12.9. The number of para-hydroxylation sites is 1. The number of nitrogens with zero attached hydrogens (tertiary/aromatic N) is 4. The van der Waals surface area contributed by atoms with Crippen molar-refractivity contribution < 1.29 is 4.74 Å². The Hall–Kier alpha value is -3.42. The fraction of sp³-hybridized carbons (Fsp3) is 0.364. The van der Waals surface area contributed by atoms with Crippen molar-refractivity contribution in [1.29, 1.82) is 0 Å². The van der Waals surface area contributed by atoms with Crippen molar-refractivity contribution in [1.82, 2.24) is 29.9 Å². The van der Waals surface area contributed by atoms with Gasteiger partial charge in [-0.05, 0) is 31.0 Å². The summed E-state index contributed by atoms with van der Waals surface area (Å²) in [6.07, 6.45) is 5.12. The number of aryl methyl sites for hydroxylation is 3. The van der Waals surface area contributed by atoms with E-state index in [1.165, 1.54) is 0 Å². The van der Waals surface area contributed by atoms with Crippen LogP contribution in [0, 0.1) is 0 Å². The summed E-state index contributed by atoms with van der Waals surface area (Å²) in [5.41, 5.74) is 3.58. The Morgan fingerprint density at radius 3 is 2.70 bits per heavy atom. The molecule has 0 amide bonds. The molecule has 0 bridgehead atoms. The molecule has 0 radical (unpaired) electrons. The van der Waals surface area contributed by atoms with Crippen molar-refractivity contribution in [3.63, 3.8) is 0 Å².